The number of rotatable bonds is 1. The molecular formula is C7H6N4O. The van der Waals surface area contributed by atoms with Crippen LogP contribution in [0.2, 0.25) is 0 Å². The number of aryl methyl sites for hydroxylation is 1. The lowest BCUT2D eigenvalue weighted by Crippen LogP contribution is -1.93. The van der Waals surface area contributed by atoms with Gasteiger partial charge in [-0.05, 0) is 6.92 Å². The van der Waals surface area contributed by atoms with Crippen LogP contribution < -0.4 is 0 Å². The van der Waals surface area contributed by atoms with E-state index in [-0.39, 0.29) is 0 Å². The normalized spacial score (nSPS) is 10.4. The standard InChI is InChI=1S/C7H6N4O/c1-5-9-7-8-2-6(4-12)3-11(7)10-5/h2-4H,1H3. The van der Waals surface area contributed by atoms with E-state index in [4.69, 9.17) is 0 Å². The number of nitrogens with zero attached hydrogens (tertiary/aromatic N) is 4. The Morgan fingerprint density at radius 3 is 3.17 bits per heavy atom. The molecule has 0 radical (unpaired) electrons. The molecule has 0 bridgehead atoms. The highest BCUT2D eigenvalue weighted by Crippen LogP contribution is 1.98. The molecular weight excluding hydrogens is 156 g/mol. The largest absolute Gasteiger partial charge is 0.298 e. The van der Waals surface area contributed by atoms with Gasteiger partial charge in [-0.25, -0.2) is 9.50 Å². The molecule has 60 valence electrons. The molecule has 0 aliphatic carbocycles. The molecule has 0 saturated heterocycles. The summed E-state index contributed by atoms with van der Waals surface area (Å²) in [6.07, 6.45) is 3.79. The molecule has 2 aromatic rings. The van der Waals surface area contributed by atoms with Crippen LogP contribution in [-0.4, -0.2) is 25.9 Å². The van der Waals surface area contributed by atoms with E-state index in [1.807, 2.05) is 0 Å². The first-order chi connectivity index (χ1) is 5.79. The maximum atomic E-state index is 10.4. The first kappa shape index (κ1) is 6.90. The fourth-order valence-corrected chi connectivity index (χ4v) is 0.961. The minimum atomic E-state index is 0.493. The first-order valence-corrected chi connectivity index (χ1v) is 3.44. The van der Waals surface area contributed by atoms with Gasteiger partial charge in [0, 0.05) is 12.4 Å². The summed E-state index contributed by atoms with van der Waals surface area (Å²) in [6, 6.07) is 0. The minimum absolute atomic E-state index is 0.493. The summed E-state index contributed by atoms with van der Waals surface area (Å²) in [7, 11) is 0. The lowest BCUT2D eigenvalue weighted by molar-refractivity contribution is 0.112. The monoisotopic (exact) mass is 162 g/mol. The van der Waals surface area contributed by atoms with Gasteiger partial charge in [0.05, 0.1) is 5.56 Å². The molecule has 5 heteroatoms. The highest BCUT2D eigenvalue weighted by Gasteiger charge is 2.00. The third-order valence-corrected chi connectivity index (χ3v) is 1.46. The number of fused-ring (bicyclic) bond motifs is 1. The Labute approximate surface area is 68.1 Å². The molecule has 5 nitrogen and oxygen atoms in total. The van der Waals surface area contributed by atoms with E-state index >= 15 is 0 Å². The van der Waals surface area contributed by atoms with Crippen LogP contribution in [0.4, 0.5) is 0 Å². The number of hydrogen-bond acceptors (Lipinski definition) is 4. The lowest BCUT2D eigenvalue weighted by atomic mass is 10.4. The van der Waals surface area contributed by atoms with Crippen LogP contribution in [-0.2, 0) is 0 Å². The molecule has 0 amide bonds. The van der Waals surface area contributed by atoms with E-state index in [9.17, 15) is 4.79 Å². The summed E-state index contributed by atoms with van der Waals surface area (Å²) in [5.74, 6) is 1.16. The van der Waals surface area contributed by atoms with Crippen LogP contribution in [0.3, 0.4) is 0 Å². The van der Waals surface area contributed by atoms with E-state index in [1.165, 1.54) is 10.7 Å². The summed E-state index contributed by atoms with van der Waals surface area (Å²) < 4.78 is 1.49. The van der Waals surface area contributed by atoms with Gasteiger partial charge in [0.1, 0.15) is 5.82 Å². The van der Waals surface area contributed by atoms with Gasteiger partial charge in [0.25, 0.3) is 5.78 Å². The zero-order valence-electron chi connectivity index (χ0n) is 6.43. The van der Waals surface area contributed by atoms with Crippen LogP contribution in [0.5, 0.6) is 0 Å². The predicted molar refractivity (Wildman–Crippen MR) is 40.9 cm³/mol. The van der Waals surface area contributed by atoms with E-state index in [1.54, 1.807) is 13.1 Å². The molecule has 0 spiro atoms. The Balaban J connectivity index is 2.74. The van der Waals surface area contributed by atoms with Crippen molar-refractivity contribution in [2.24, 2.45) is 0 Å². The Morgan fingerprint density at radius 2 is 2.42 bits per heavy atom. The van der Waals surface area contributed by atoms with Crippen molar-refractivity contribution in [3.05, 3.63) is 23.8 Å². The first-order valence-electron chi connectivity index (χ1n) is 3.44. The van der Waals surface area contributed by atoms with Gasteiger partial charge >= 0.3 is 0 Å². The fraction of sp³-hybridized carbons (Fsp3) is 0.143. The quantitative estimate of drug-likeness (QED) is 0.564. The molecule has 0 aliphatic rings. The maximum absolute atomic E-state index is 10.4. The topological polar surface area (TPSA) is 60.2 Å². The third-order valence-electron chi connectivity index (χ3n) is 1.46. The van der Waals surface area contributed by atoms with Crippen molar-refractivity contribution in [1.82, 2.24) is 19.6 Å². The lowest BCUT2D eigenvalue weighted by Gasteiger charge is -1.89. The van der Waals surface area contributed by atoms with Gasteiger partial charge in [-0.2, -0.15) is 10.1 Å². The van der Waals surface area contributed by atoms with Crippen LogP contribution in [0.25, 0.3) is 5.78 Å². The predicted octanol–water partition coefficient (Wildman–Crippen LogP) is 0.245. The number of carbonyl (C=O) groups is 1. The number of hydrogen-bond donors (Lipinski definition) is 0. The third kappa shape index (κ3) is 0.952. The van der Waals surface area contributed by atoms with Gasteiger partial charge in [0.15, 0.2) is 6.29 Å². The maximum Gasteiger partial charge on any atom is 0.252 e. The molecule has 2 aromatic heterocycles. The van der Waals surface area contributed by atoms with Crippen molar-refractivity contribution in [2.75, 3.05) is 0 Å². The Kier molecular flexibility index (Phi) is 1.36. The van der Waals surface area contributed by atoms with Crippen molar-refractivity contribution in [2.45, 2.75) is 6.92 Å². The average molecular weight is 162 g/mol. The Bertz CT molecular complexity index is 434. The van der Waals surface area contributed by atoms with Crippen LogP contribution in [0, 0.1) is 6.92 Å². The van der Waals surface area contributed by atoms with Gasteiger partial charge in [-0.1, -0.05) is 0 Å². The number of aromatic nitrogens is 4. The van der Waals surface area contributed by atoms with Crippen LogP contribution >= 0.6 is 0 Å². The summed E-state index contributed by atoms with van der Waals surface area (Å²) in [6.45, 7) is 1.77. The van der Waals surface area contributed by atoms with Crippen molar-refractivity contribution >= 4 is 12.1 Å². The van der Waals surface area contributed by atoms with Gasteiger partial charge in [-0.3, -0.25) is 4.79 Å². The van der Waals surface area contributed by atoms with Crippen molar-refractivity contribution in [1.29, 1.82) is 0 Å². The van der Waals surface area contributed by atoms with Gasteiger partial charge in [0.2, 0.25) is 0 Å². The number of aldehydes is 1. The highest BCUT2D eigenvalue weighted by atomic mass is 16.1. The molecule has 0 aromatic carbocycles. The van der Waals surface area contributed by atoms with Crippen molar-refractivity contribution in [3.63, 3.8) is 0 Å². The zero-order valence-corrected chi connectivity index (χ0v) is 6.43. The molecule has 2 rings (SSSR count). The number of carbonyl (C=O) groups excluding carboxylic acids is 1. The second-order valence-corrected chi connectivity index (χ2v) is 2.41. The minimum Gasteiger partial charge on any atom is -0.298 e. The van der Waals surface area contributed by atoms with Crippen LogP contribution in [0.15, 0.2) is 12.4 Å². The zero-order chi connectivity index (χ0) is 8.55. The second-order valence-electron chi connectivity index (χ2n) is 2.41. The average Bonchev–Trinajstić information content (AvgIpc) is 2.43. The summed E-state index contributed by atoms with van der Waals surface area (Å²) in [5, 5.41) is 4.01. The van der Waals surface area contributed by atoms with Crippen molar-refractivity contribution in [3.8, 4) is 0 Å². The molecule has 0 atom stereocenters. The molecule has 0 saturated carbocycles. The molecule has 12 heavy (non-hydrogen) atoms. The Morgan fingerprint density at radius 1 is 1.58 bits per heavy atom. The van der Waals surface area contributed by atoms with E-state index in [0.29, 0.717) is 17.2 Å². The van der Waals surface area contributed by atoms with Crippen molar-refractivity contribution < 1.29 is 4.79 Å². The summed E-state index contributed by atoms with van der Waals surface area (Å²) in [4.78, 5) is 18.3. The molecule has 0 N–H and O–H groups in total. The second kappa shape index (κ2) is 2.37. The van der Waals surface area contributed by atoms with E-state index in [2.05, 4.69) is 15.1 Å². The Hall–Kier alpha value is -1.78. The molecule has 2 heterocycles. The SMILES string of the molecule is Cc1nc2ncc(C=O)cn2n1. The van der Waals surface area contributed by atoms with Crippen LogP contribution in [0.1, 0.15) is 16.2 Å². The highest BCUT2D eigenvalue weighted by molar-refractivity contribution is 5.73. The summed E-state index contributed by atoms with van der Waals surface area (Å²) in [5.41, 5.74) is 0.493. The fourth-order valence-electron chi connectivity index (χ4n) is 0.961. The molecule has 0 aliphatic heterocycles. The van der Waals surface area contributed by atoms with E-state index < -0.39 is 0 Å². The molecule has 0 fully saturated rings. The summed E-state index contributed by atoms with van der Waals surface area (Å²) >= 11 is 0. The van der Waals surface area contributed by atoms with E-state index in [0.717, 1.165) is 6.29 Å². The smallest absolute Gasteiger partial charge is 0.252 e. The van der Waals surface area contributed by atoms with Gasteiger partial charge < -0.3 is 0 Å². The van der Waals surface area contributed by atoms with Gasteiger partial charge in [-0.15, -0.1) is 0 Å². The molecule has 0 unspecified atom stereocenters.